The SMILES string of the molecule is CSCCN1CCC(=O)NCC1=O. The molecule has 0 saturated carbocycles. The molecule has 5 heteroatoms. The van der Waals surface area contributed by atoms with Crippen molar-refractivity contribution in [1.82, 2.24) is 10.2 Å². The first-order chi connectivity index (χ1) is 6.24. The molecule has 0 unspecified atom stereocenters. The van der Waals surface area contributed by atoms with Crippen LogP contribution in [-0.2, 0) is 9.59 Å². The van der Waals surface area contributed by atoms with E-state index in [9.17, 15) is 9.59 Å². The van der Waals surface area contributed by atoms with E-state index in [1.165, 1.54) is 0 Å². The van der Waals surface area contributed by atoms with Crippen LogP contribution >= 0.6 is 11.8 Å². The molecule has 0 aromatic heterocycles. The van der Waals surface area contributed by atoms with Gasteiger partial charge >= 0.3 is 0 Å². The summed E-state index contributed by atoms with van der Waals surface area (Å²) in [6.45, 7) is 1.47. The van der Waals surface area contributed by atoms with Crippen molar-refractivity contribution in [2.75, 3.05) is 31.6 Å². The standard InChI is InChI=1S/C8H14N2O2S/c1-13-5-4-10-3-2-7(11)9-6-8(10)12/h2-6H2,1H3,(H,9,11). The summed E-state index contributed by atoms with van der Waals surface area (Å²) in [7, 11) is 0. The van der Waals surface area contributed by atoms with Crippen LogP contribution in [0.2, 0.25) is 0 Å². The second-order valence-electron chi connectivity index (χ2n) is 2.90. The van der Waals surface area contributed by atoms with E-state index in [4.69, 9.17) is 0 Å². The number of carbonyl (C=O) groups excluding carboxylic acids is 2. The van der Waals surface area contributed by atoms with E-state index >= 15 is 0 Å². The Morgan fingerprint density at radius 3 is 3.00 bits per heavy atom. The van der Waals surface area contributed by atoms with E-state index in [-0.39, 0.29) is 18.4 Å². The second kappa shape index (κ2) is 5.11. The van der Waals surface area contributed by atoms with Crippen molar-refractivity contribution in [3.63, 3.8) is 0 Å². The van der Waals surface area contributed by atoms with Crippen LogP contribution in [0.5, 0.6) is 0 Å². The maximum absolute atomic E-state index is 11.4. The van der Waals surface area contributed by atoms with Gasteiger partial charge in [-0.05, 0) is 6.26 Å². The van der Waals surface area contributed by atoms with Crippen molar-refractivity contribution in [1.29, 1.82) is 0 Å². The summed E-state index contributed by atoms with van der Waals surface area (Å²) in [6.07, 6.45) is 2.44. The molecule has 0 aromatic rings. The normalized spacial score (nSPS) is 18.4. The minimum absolute atomic E-state index is 0.0277. The molecule has 1 fully saturated rings. The molecule has 0 spiro atoms. The van der Waals surface area contributed by atoms with Gasteiger partial charge in [0.25, 0.3) is 0 Å². The van der Waals surface area contributed by atoms with Gasteiger partial charge in [0.1, 0.15) is 0 Å². The topological polar surface area (TPSA) is 49.4 Å². The summed E-state index contributed by atoms with van der Waals surface area (Å²) in [4.78, 5) is 24.1. The molecule has 1 N–H and O–H groups in total. The third-order valence-corrected chi connectivity index (χ3v) is 2.55. The van der Waals surface area contributed by atoms with Crippen LogP contribution < -0.4 is 5.32 Å². The lowest BCUT2D eigenvalue weighted by Gasteiger charge is -2.18. The fourth-order valence-electron chi connectivity index (χ4n) is 1.17. The molecule has 1 saturated heterocycles. The fourth-order valence-corrected chi connectivity index (χ4v) is 1.58. The van der Waals surface area contributed by atoms with Crippen LogP contribution in [-0.4, -0.2) is 48.4 Å². The Balaban J connectivity index is 2.42. The quantitative estimate of drug-likeness (QED) is 0.683. The molecule has 4 nitrogen and oxygen atoms in total. The highest BCUT2D eigenvalue weighted by atomic mass is 32.2. The lowest BCUT2D eigenvalue weighted by atomic mass is 10.4. The minimum Gasteiger partial charge on any atom is -0.347 e. The molecule has 13 heavy (non-hydrogen) atoms. The smallest absolute Gasteiger partial charge is 0.242 e. The molecule has 1 aliphatic heterocycles. The van der Waals surface area contributed by atoms with E-state index in [2.05, 4.69) is 5.32 Å². The van der Waals surface area contributed by atoms with Crippen molar-refractivity contribution in [3.8, 4) is 0 Å². The van der Waals surface area contributed by atoms with Gasteiger partial charge in [-0.25, -0.2) is 0 Å². The number of hydrogen-bond acceptors (Lipinski definition) is 3. The predicted molar refractivity (Wildman–Crippen MR) is 52.6 cm³/mol. The molecule has 0 aromatic carbocycles. The van der Waals surface area contributed by atoms with Crippen LogP contribution in [0.3, 0.4) is 0 Å². The Kier molecular flexibility index (Phi) is 4.08. The number of nitrogens with one attached hydrogen (secondary N) is 1. The third kappa shape index (κ3) is 3.26. The van der Waals surface area contributed by atoms with Crippen molar-refractivity contribution < 1.29 is 9.59 Å². The molecule has 0 aliphatic carbocycles. The second-order valence-corrected chi connectivity index (χ2v) is 3.89. The Hall–Kier alpha value is -0.710. The number of amides is 2. The first-order valence-electron chi connectivity index (χ1n) is 4.27. The van der Waals surface area contributed by atoms with Gasteiger partial charge in [0.05, 0.1) is 6.54 Å². The van der Waals surface area contributed by atoms with Gasteiger partial charge in [0, 0.05) is 25.3 Å². The summed E-state index contributed by atoms with van der Waals surface area (Å²) in [5, 5.41) is 2.56. The minimum atomic E-state index is -0.0278. The molecular formula is C8H14N2O2S. The van der Waals surface area contributed by atoms with Crippen LogP contribution in [0, 0.1) is 0 Å². The molecule has 1 aliphatic rings. The Labute approximate surface area is 82.0 Å². The maximum Gasteiger partial charge on any atom is 0.242 e. The molecular weight excluding hydrogens is 188 g/mol. The average Bonchev–Trinajstić information content (AvgIpc) is 2.28. The van der Waals surface area contributed by atoms with Crippen LogP contribution in [0.1, 0.15) is 6.42 Å². The van der Waals surface area contributed by atoms with Gasteiger partial charge < -0.3 is 10.2 Å². The molecule has 0 bridgehead atoms. The van der Waals surface area contributed by atoms with E-state index in [0.29, 0.717) is 13.0 Å². The van der Waals surface area contributed by atoms with Gasteiger partial charge in [0.15, 0.2) is 0 Å². The first kappa shape index (κ1) is 10.4. The third-order valence-electron chi connectivity index (χ3n) is 1.96. The molecule has 0 radical (unpaired) electrons. The number of thioether (sulfide) groups is 1. The summed E-state index contributed by atoms with van der Waals surface area (Å²) < 4.78 is 0. The zero-order valence-electron chi connectivity index (χ0n) is 7.71. The van der Waals surface area contributed by atoms with Crippen LogP contribution in [0.4, 0.5) is 0 Å². The van der Waals surface area contributed by atoms with Crippen LogP contribution in [0.15, 0.2) is 0 Å². The van der Waals surface area contributed by atoms with Gasteiger partial charge in [-0.15, -0.1) is 0 Å². The van der Waals surface area contributed by atoms with Crippen molar-refractivity contribution in [2.45, 2.75) is 6.42 Å². The van der Waals surface area contributed by atoms with Gasteiger partial charge in [-0.3, -0.25) is 9.59 Å². The van der Waals surface area contributed by atoms with E-state index < -0.39 is 0 Å². The fraction of sp³-hybridized carbons (Fsp3) is 0.750. The van der Waals surface area contributed by atoms with Crippen molar-refractivity contribution >= 4 is 23.6 Å². The molecule has 1 rings (SSSR count). The van der Waals surface area contributed by atoms with Crippen LogP contribution in [0.25, 0.3) is 0 Å². The Morgan fingerprint density at radius 2 is 2.31 bits per heavy atom. The summed E-state index contributed by atoms with van der Waals surface area (Å²) in [5.41, 5.74) is 0. The van der Waals surface area contributed by atoms with E-state index in [1.807, 2.05) is 6.26 Å². The molecule has 74 valence electrons. The highest BCUT2D eigenvalue weighted by Gasteiger charge is 2.18. The predicted octanol–water partition coefficient (Wildman–Crippen LogP) is -0.302. The average molecular weight is 202 g/mol. The highest BCUT2D eigenvalue weighted by Crippen LogP contribution is 2.00. The first-order valence-corrected chi connectivity index (χ1v) is 5.67. The number of carbonyl (C=O) groups is 2. The maximum atomic E-state index is 11.4. The molecule has 1 heterocycles. The lowest BCUT2D eigenvalue weighted by molar-refractivity contribution is -0.129. The van der Waals surface area contributed by atoms with E-state index in [1.54, 1.807) is 16.7 Å². The Morgan fingerprint density at radius 1 is 1.54 bits per heavy atom. The largest absolute Gasteiger partial charge is 0.347 e. The molecule has 0 atom stereocenters. The van der Waals surface area contributed by atoms with Gasteiger partial charge in [-0.1, -0.05) is 0 Å². The number of hydrogen-bond donors (Lipinski definition) is 1. The Bertz CT molecular complexity index is 208. The van der Waals surface area contributed by atoms with Crippen molar-refractivity contribution in [3.05, 3.63) is 0 Å². The van der Waals surface area contributed by atoms with Gasteiger partial charge in [-0.2, -0.15) is 11.8 Å². The van der Waals surface area contributed by atoms with E-state index in [0.717, 1.165) is 12.3 Å². The molecule has 2 amide bonds. The zero-order valence-corrected chi connectivity index (χ0v) is 8.52. The number of rotatable bonds is 3. The zero-order chi connectivity index (χ0) is 9.68. The number of nitrogens with zero attached hydrogens (tertiary/aromatic N) is 1. The monoisotopic (exact) mass is 202 g/mol. The highest BCUT2D eigenvalue weighted by molar-refractivity contribution is 7.98. The summed E-state index contributed by atoms with van der Waals surface area (Å²) >= 11 is 1.71. The van der Waals surface area contributed by atoms with Crippen molar-refractivity contribution in [2.24, 2.45) is 0 Å². The van der Waals surface area contributed by atoms with Gasteiger partial charge in [0.2, 0.25) is 11.8 Å². The summed E-state index contributed by atoms with van der Waals surface area (Å²) in [5.74, 6) is 0.930. The summed E-state index contributed by atoms with van der Waals surface area (Å²) in [6, 6.07) is 0. The lowest BCUT2D eigenvalue weighted by Crippen LogP contribution is -2.36.